The van der Waals surface area contributed by atoms with E-state index in [9.17, 15) is 5.11 Å². The zero-order valence-corrected chi connectivity index (χ0v) is 11.5. The van der Waals surface area contributed by atoms with Crippen molar-refractivity contribution >= 4 is 0 Å². The summed E-state index contributed by atoms with van der Waals surface area (Å²) in [6, 6.07) is 0. The van der Waals surface area contributed by atoms with E-state index in [2.05, 4.69) is 26.0 Å². The summed E-state index contributed by atoms with van der Waals surface area (Å²) < 4.78 is 6.17. The van der Waals surface area contributed by atoms with Gasteiger partial charge >= 0.3 is 0 Å². The van der Waals surface area contributed by atoms with Crippen LogP contribution in [0.4, 0.5) is 0 Å². The van der Waals surface area contributed by atoms with E-state index in [0.717, 1.165) is 19.3 Å². The maximum absolute atomic E-state index is 11.2. The van der Waals surface area contributed by atoms with Crippen molar-refractivity contribution in [3.63, 3.8) is 0 Å². The van der Waals surface area contributed by atoms with Crippen LogP contribution >= 0.6 is 0 Å². The number of methoxy groups -OCH3 is 1. The summed E-state index contributed by atoms with van der Waals surface area (Å²) in [5.74, 6) is 1.14. The maximum atomic E-state index is 11.2. The van der Waals surface area contributed by atoms with E-state index in [1.165, 1.54) is 6.42 Å². The molecule has 5 aliphatic carbocycles. The van der Waals surface area contributed by atoms with Gasteiger partial charge in [-0.25, -0.2) is 0 Å². The van der Waals surface area contributed by atoms with Gasteiger partial charge < -0.3 is 9.84 Å². The molecule has 18 heavy (non-hydrogen) atoms. The fourth-order valence-corrected chi connectivity index (χ4v) is 7.88. The van der Waals surface area contributed by atoms with E-state index in [1.807, 2.05) is 7.11 Å². The molecule has 2 spiro atoms. The van der Waals surface area contributed by atoms with Gasteiger partial charge in [-0.2, -0.15) is 0 Å². The molecule has 6 atom stereocenters. The average molecular weight is 246 g/mol. The van der Waals surface area contributed by atoms with Crippen molar-refractivity contribution in [3.05, 3.63) is 12.2 Å². The number of ether oxygens (including phenoxy) is 1. The van der Waals surface area contributed by atoms with Crippen molar-refractivity contribution < 1.29 is 9.84 Å². The van der Waals surface area contributed by atoms with Crippen molar-refractivity contribution in [2.24, 2.45) is 28.1 Å². The lowest BCUT2D eigenvalue weighted by atomic mass is 9.68. The van der Waals surface area contributed by atoms with Crippen LogP contribution in [0.1, 0.15) is 39.5 Å². The molecule has 2 unspecified atom stereocenters. The van der Waals surface area contributed by atoms with Gasteiger partial charge in [0.05, 0.1) is 11.2 Å². The van der Waals surface area contributed by atoms with Gasteiger partial charge in [0.15, 0.2) is 0 Å². The topological polar surface area (TPSA) is 29.5 Å². The Morgan fingerprint density at radius 1 is 1.22 bits per heavy atom. The fourth-order valence-electron chi connectivity index (χ4n) is 7.88. The van der Waals surface area contributed by atoms with Gasteiger partial charge in [0.2, 0.25) is 0 Å². The first-order valence-electron chi connectivity index (χ1n) is 7.41. The van der Waals surface area contributed by atoms with Gasteiger partial charge in [-0.15, -0.1) is 0 Å². The molecule has 98 valence electrons. The van der Waals surface area contributed by atoms with Crippen LogP contribution in [0, 0.1) is 28.1 Å². The third-order valence-corrected chi connectivity index (χ3v) is 7.96. The molecule has 4 fully saturated rings. The highest BCUT2D eigenvalue weighted by atomic mass is 16.5. The first-order chi connectivity index (χ1) is 8.45. The number of hydrogen-bond acceptors (Lipinski definition) is 2. The molecule has 2 heteroatoms. The molecule has 0 heterocycles. The Balaban J connectivity index is 1.87. The van der Waals surface area contributed by atoms with Crippen LogP contribution in [0.15, 0.2) is 12.2 Å². The van der Waals surface area contributed by atoms with Crippen molar-refractivity contribution in [3.8, 4) is 0 Å². The first kappa shape index (κ1) is 10.4. The first-order valence-corrected chi connectivity index (χ1v) is 7.41. The van der Waals surface area contributed by atoms with Gasteiger partial charge in [0.25, 0.3) is 0 Å². The molecule has 5 rings (SSSR count). The van der Waals surface area contributed by atoms with Crippen molar-refractivity contribution in [2.45, 2.75) is 50.7 Å². The normalized spacial score (nSPS) is 68.4. The molecular weight excluding hydrogens is 224 g/mol. The Morgan fingerprint density at radius 2 is 2.00 bits per heavy atom. The SMILES string of the molecule is CO[C@@]12C3C=CC14CC[C@]1(O)CC[C@@H](C3(C)C)[C@]412. The van der Waals surface area contributed by atoms with E-state index in [1.54, 1.807) is 0 Å². The number of hydrogen-bond donors (Lipinski definition) is 1. The van der Waals surface area contributed by atoms with Crippen LogP contribution < -0.4 is 0 Å². The van der Waals surface area contributed by atoms with Gasteiger partial charge in [-0.3, -0.25) is 0 Å². The zero-order chi connectivity index (χ0) is 12.6. The standard InChI is InChI=1S/C16H22O2/c1-12(2)10-5-7-14(17)9-8-13-6-4-11(12)16(13,18-3)15(10,13)14/h4,6,10-11,17H,5,7-9H2,1-3H3/t10-,11?,13?,14+,15-,16-/m0/s1. The molecule has 0 aromatic heterocycles. The Kier molecular flexibility index (Phi) is 1.30. The van der Waals surface area contributed by atoms with Gasteiger partial charge in [-0.1, -0.05) is 26.0 Å². The smallest absolute Gasteiger partial charge is 0.0939 e. The predicted molar refractivity (Wildman–Crippen MR) is 67.9 cm³/mol. The third kappa shape index (κ3) is 0.530. The summed E-state index contributed by atoms with van der Waals surface area (Å²) in [6.07, 6.45) is 9.16. The molecule has 5 aliphatic rings. The third-order valence-electron chi connectivity index (χ3n) is 7.96. The molecular formula is C16H22O2. The second kappa shape index (κ2) is 2.25. The number of rotatable bonds is 1. The summed E-state index contributed by atoms with van der Waals surface area (Å²) in [5, 5.41) is 11.2. The molecule has 0 aliphatic heterocycles. The molecule has 4 saturated carbocycles. The van der Waals surface area contributed by atoms with Crippen LogP contribution in [0.2, 0.25) is 0 Å². The molecule has 0 saturated heterocycles. The summed E-state index contributed by atoms with van der Waals surface area (Å²) in [5.41, 5.74) is 0.0268. The molecule has 0 radical (unpaired) electrons. The number of aliphatic hydroxyl groups is 1. The van der Waals surface area contributed by atoms with Crippen LogP contribution in [0.5, 0.6) is 0 Å². The van der Waals surface area contributed by atoms with Gasteiger partial charge in [-0.05, 0) is 37.0 Å². The van der Waals surface area contributed by atoms with E-state index in [0.29, 0.717) is 11.8 Å². The molecule has 1 N–H and O–H groups in total. The Labute approximate surface area is 108 Å². The lowest BCUT2D eigenvalue weighted by Gasteiger charge is -2.37. The Morgan fingerprint density at radius 3 is 2.72 bits per heavy atom. The molecule has 0 aromatic rings. The Bertz CT molecular complexity index is 509. The Hall–Kier alpha value is -0.340. The lowest BCUT2D eigenvalue weighted by Crippen LogP contribution is -2.41. The van der Waals surface area contributed by atoms with Crippen molar-refractivity contribution in [2.75, 3.05) is 7.11 Å². The highest BCUT2D eigenvalue weighted by Crippen LogP contribution is 3.00. The highest BCUT2D eigenvalue weighted by molar-refractivity contribution is 5.59. The summed E-state index contributed by atoms with van der Waals surface area (Å²) in [4.78, 5) is 0. The lowest BCUT2D eigenvalue weighted by molar-refractivity contribution is -0.0718. The zero-order valence-electron chi connectivity index (χ0n) is 11.5. The van der Waals surface area contributed by atoms with Crippen LogP contribution in [-0.4, -0.2) is 23.4 Å². The summed E-state index contributed by atoms with van der Waals surface area (Å²) >= 11 is 0. The predicted octanol–water partition coefficient (Wildman–Crippen LogP) is 2.52. The summed E-state index contributed by atoms with van der Waals surface area (Å²) in [6.45, 7) is 4.79. The van der Waals surface area contributed by atoms with Crippen LogP contribution in [0.3, 0.4) is 0 Å². The van der Waals surface area contributed by atoms with Crippen LogP contribution in [-0.2, 0) is 4.74 Å². The average Bonchev–Trinajstić information content (AvgIpc) is 2.69. The summed E-state index contributed by atoms with van der Waals surface area (Å²) in [7, 11) is 1.88. The maximum Gasteiger partial charge on any atom is 0.0939 e. The van der Waals surface area contributed by atoms with E-state index in [4.69, 9.17) is 4.74 Å². The monoisotopic (exact) mass is 246 g/mol. The van der Waals surface area contributed by atoms with E-state index < -0.39 is 5.60 Å². The van der Waals surface area contributed by atoms with Crippen molar-refractivity contribution in [1.29, 1.82) is 0 Å². The quantitative estimate of drug-likeness (QED) is 0.720. The minimum Gasteiger partial charge on any atom is -0.389 e. The molecule has 0 amide bonds. The largest absolute Gasteiger partial charge is 0.389 e. The second-order valence-electron chi connectivity index (χ2n) is 8.00. The van der Waals surface area contributed by atoms with E-state index >= 15 is 0 Å². The van der Waals surface area contributed by atoms with Gasteiger partial charge in [0.1, 0.15) is 0 Å². The molecule has 0 bridgehead atoms. The van der Waals surface area contributed by atoms with Gasteiger partial charge in [0, 0.05) is 23.9 Å². The van der Waals surface area contributed by atoms with Crippen molar-refractivity contribution in [1.82, 2.24) is 0 Å². The van der Waals surface area contributed by atoms with Crippen LogP contribution in [0.25, 0.3) is 0 Å². The fraction of sp³-hybridized carbons (Fsp3) is 0.875. The molecule has 0 aromatic carbocycles. The molecule has 2 nitrogen and oxygen atoms in total. The minimum absolute atomic E-state index is 0.0579. The van der Waals surface area contributed by atoms with E-state index in [-0.39, 0.29) is 21.8 Å². The highest BCUT2D eigenvalue weighted by Gasteiger charge is 3.04. The minimum atomic E-state index is -0.440. The second-order valence-corrected chi connectivity index (χ2v) is 8.00.